The second kappa shape index (κ2) is 6.12. The summed E-state index contributed by atoms with van der Waals surface area (Å²) >= 11 is 0. The molecular weight excluding hydrogens is 328 g/mol. The standard InChI is InChI=1S/C21H26N2O3/c1-12-16-10-23-8-7-14-13-5-3-4-6-18(13)22-20(14)19(23)9-15(16)17(11-26-12)21(24)25-2/h3-6,11-12,15-16,19,21-22,24H,7-10H2,1-2H3. The van der Waals surface area contributed by atoms with Crippen LogP contribution >= 0.6 is 0 Å². The first-order chi connectivity index (χ1) is 12.7. The number of piperidine rings is 1. The van der Waals surface area contributed by atoms with Gasteiger partial charge in [0.05, 0.1) is 18.4 Å². The number of nitrogens with zero attached hydrogens (tertiary/aromatic N) is 1. The molecular formula is C21H26N2O3. The van der Waals surface area contributed by atoms with Crippen molar-refractivity contribution in [3.63, 3.8) is 0 Å². The molecule has 0 aliphatic carbocycles. The highest BCUT2D eigenvalue weighted by atomic mass is 16.6. The highest BCUT2D eigenvalue weighted by Gasteiger charge is 2.46. The van der Waals surface area contributed by atoms with E-state index in [0.29, 0.717) is 12.0 Å². The highest BCUT2D eigenvalue weighted by molar-refractivity contribution is 5.85. The van der Waals surface area contributed by atoms with Crippen molar-refractivity contribution < 1.29 is 14.6 Å². The zero-order chi connectivity index (χ0) is 17.8. The molecule has 3 aliphatic rings. The number of ether oxygens (including phenoxy) is 2. The lowest BCUT2D eigenvalue weighted by Crippen LogP contribution is -2.51. The van der Waals surface area contributed by atoms with E-state index in [1.807, 2.05) is 0 Å². The van der Waals surface area contributed by atoms with Crippen LogP contribution in [0.5, 0.6) is 0 Å². The normalized spacial score (nSPS) is 32.2. The van der Waals surface area contributed by atoms with Crippen molar-refractivity contribution >= 4 is 10.9 Å². The minimum Gasteiger partial charge on any atom is -0.498 e. The van der Waals surface area contributed by atoms with Crippen molar-refractivity contribution in [2.75, 3.05) is 20.2 Å². The van der Waals surface area contributed by atoms with Crippen molar-refractivity contribution in [1.82, 2.24) is 9.88 Å². The average Bonchev–Trinajstić information content (AvgIpc) is 3.06. The number of aliphatic hydroxyl groups is 1. The number of hydrogen-bond donors (Lipinski definition) is 2. The van der Waals surface area contributed by atoms with Gasteiger partial charge in [-0.15, -0.1) is 0 Å². The van der Waals surface area contributed by atoms with Gasteiger partial charge in [-0.05, 0) is 37.3 Å². The van der Waals surface area contributed by atoms with Crippen LogP contribution in [0.25, 0.3) is 10.9 Å². The molecule has 5 unspecified atom stereocenters. The Kier molecular flexibility index (Phi) is 3.85. The molecule has 0 spiro atoms. The van der Waals surface area contributed by atoms with E-state index in [2.05, 4.69) is 41.1 Å². The molecule has 138 valence electrons. The Morgan fingerprint density at radius 2 is 2.19 bits per heavy atom. The summed E-state index contributed by atoms with van der Waals surface area (Å²) in [6.45, 7) is 4.23. The smallest absolute Gasteiger partial charge is 0.180 e. The van der Waals surface area contributed by atoms with E-state index in [-0.39, 0.29) is 12.0 Å². The molecule has 4 heterocycles. The van der Waals surface area contributed by atoms with Crippen molar-refractivity contribution in [2.24, 2.45) is 11.8 Å². The zero-order valence-corrected chi connectivity index (χ0v) is 15.3. The predicted molar refractivity (Wildman–Crippen MR) is 99.6 cm³/mol. The van der Waals surface area contributed by atoms with Gasteiger partial charge in [0.15, 0.2) is 6.29 Å². The first-order valence-corrected chi connectivity index (χ1v) is 9.57. The molecule has 1 aromatic carbocycles. The van der Waals surface area contributed by atoms with Gasteiger partial charge in [0.1, 0.15) is 0 Å². The van der Waals surface area contributed by atoms with E-state index in [1.54, 1.807) is 13.4 Å². The number of aliphatic hydroxyl groups excluding tert-OH is 1. The first kappa shape index (κ1) is 16.4. The van der Waals surface area contributed by atoms with Crippen molar-refractivity contribution in [3.05, 3.63) is 47.4 Å². The van der Waals surface area contributed by atoms with Gasteiger partial charge in [0.25, 0.3) is 0 Å². The maximum Gasteiger partial charge on any atom is 0.180 e. The van der Waals surface area contributed by atoms with Crippen LogP contribution in [0.15, 0.2) is 36.1 Å². The van der Waals surface area contributed by atoms with Crippen LogP contribution in [0.1, 0.15) is 30.6 Å². The van der Waals surface area contributed by atoms with Gasteiger partial charge in [-0.3, -0.25) is 4.90 Å². The van der Waals surface area contributed by atoms with Gasteiger partial charge in [-0.25, -0.2) is 0 Å². The Bertz CT molecular complexity index is 858. The average molecular weight is 354 g/mol. The Balaban J connectivity index is 1.54. The predicted octanol–water partition coefficient (Wildman–Crippen LogP) is 2.97. The van der Waals surface area contributed by atoms with E-state index < -0.39 is 6.29 Å². The summed E-state index contributed by atoms with van der Waals surface area (Å²) in [5, 5.41) is 11.7. The number of fused-ring (bicyclic) bond motifs is 6. The number of methoxy groups -OCH3 is 1. The number of H-pyrrole nitrogens is 1. The van der Waals surface area contributed by atoms with Crippen molar-refractivity contribution in [3.8, 4) is 0 Å². The number of hydrogen-bond acceptors (Lipinski definition) is 4. The molecule has 26 heavy (non-hydrogen) atoms. The number of rotatable bonds is 2. The van der Waals surface area contributed by atoms with Gasteiger partial charge in [-0.2, -0.15) is 0 Å². The number of para-hydroxylation sites is 1. The van der Waals surface area contributed by atoms with Gasteiger partial charge < -0.3 is 19.6 Å². The Labute approximate surface area is 153 Å². The van der Waals surface area contributed by atoms with Crippen LogP contribution in [0, 0.1) is 11.8 Å². The second-order valence-corrected chi connectivity index (χ2v) is 7.88. The highest BCUT2D eigenvalue weighted by Crippen LogP contribution is 2.48. The molecule has 2 aromatic rings. The minimum atomic E-state index is -0.882. The maximum atomic E-state index is 10.3. The van der Waals surface area contributed by atoms with Gasteiger partial charge in [0.2, 0.25) is 0 Å². The van der Waals surface area contributed by atoms with E-state index in [0.717, 1.165) is 31.5 Å². The van der Waals surface area contributed by atoms with E-state index in [4.69, 9.17) is 9.47 Å². The summed E-state index contributed by atoms with van der Waals surface area (Å²) in [5.74, 6) is 0.675. The van der Waals surface area contributed by atoms with Crippen molar-refractivity contribution in [2.45, 2.75) is 38.2 Å². The number of nitrogens with one attached hydrogen (secondary N) is 1. The summed E-state index contributed by atoms with van der Waals surface area (Å²) in [5.41, 5.74) is 4.95. The Hall–Kier alpha value is -1.82. The monoisotopic (exact) mass is 354 g/mol. The van der Waals surface area contributed by atoms with Gasteiger partial charge >= 0.3 is 0 Å². The molecule has 3 aliphatic heterocycles. The molecule has 0 radical (unpaired) electrons. The lowest BCUT2D eigenvalue weighted by atomic mass is 9.72. The fourth-order valence-corrected chi connectivity index (χ4v) is 5.28. The van der Waals surface area contributed by atoms with Crippen molar-refractivity contribution in [1.29, 1.82) is 0 Å². The molecule has 0 amide bonds. The Morgan fingerprint density at radius 1 is 1.35 bits per heavy atom. The van der Waals surface area contributed by atoms with Crippen LogP contribution in [0.4, 0.5) is 0 Å². The van der Waals surface area contributed by atoms with E-state index >= 15 is 0 Å². The van der Waals surface area contributed by atoms with Crippen LogP contribution in [-0.2, 0) is 15.9 Å². The first-order valence-electron chi connectivity index (χ1n) is 9.57. The summed E-state index contributed by atoms with van der Waals surface area (Å²) in [6.07, 6.45) is 3.10. The fraction of sp³-hybridized carbons (Fsp3) is 0.524. The quantitative estimate of drug-likeness (QED) is 0.814. The van der Waals surface area contributed by atoms with Gasteiger partial charge in [0, 0.05) is 48.3 Å². The number of benzene rings is 1. The minimum absolute atomic E-state index is 0.165. The lowest BCUT2D eigenvalue weighted by Gasteiger charge is -2.50. The molecule has 2 N–H and O–H groups in total. The molecule has 1 aromatic heterocycles. The van der Waals surface area contributed by atoms with E-state index in [1.165, 1.54) is 22.2 Å². The SMILES string of the molecule is COC(O)C1=COC(C)C2CN3CCc4c([nH]c5ccccc45)C3CC12. The molecule has 0 bridgehead atoms. The number of aromatic amines is 1. The number of aromatic nitrogens is 1. The fourth-order valence-electron chi connectivity index (χ4n) is 5.28. The summed E-state index contributed by atoms with van der Waals surface area (Å²) in [6, 6.07) is 8.97. The van der Waals surface area contributed by atoms with Gasteiger partial charge in [-0.1, -0.05) is 18.2 Å². The molecule has 5 heteroatoms. The molecule has 5 atom stereocenters. The summed E-state index contributed by atoms with van der Waals surface area (Å²) < 4.78 is 11.1. The molecule has 5 rings (SSSR count). The third kappa shape index (κ3) is 2.34. The van der Waals surface area contributed by atoms with Crippen LogP contribution in [-0.4, -0.2) is 47.6 Å². The van der Waals surface area contributed by atoms with Crippen LogP contribution in [0.2, 0.25) is 0 Å². The lowest BCUT2D eigenvalue weighted by molar-refractivity contribution is -0.0860. The van der Waals surface area contributed by atoms with Crippen LogP contribution < -0.4 is 0 Å². The molecule has 5 nitrogen and oxygen atoms in total. The molecule has 1 saturated heterocycles. The molecule has 1 fully saturated rings. The Morgan fingerprint density at radius 3 is 3.04 bits per heavy atom. The van der Waals surface area contributed by atoms with E-state index in [9.17, 15) is 5.11 Å². The topological polar surface area (TPSA) is 57.7 Å². The maximum absolute atomic E-state index is 10.3. The second-order valence-electron chi connectivity index (χ2n) is 7.88. The molecule has 0 saturated carbocycles. The summed E-state index contributed by atoms with van der Waals surface area (Å²) in [4.78, 5) is 6.29. The summed E-state index contributed by atoms with van der Waals surface area (Å²) in [7, 11) is 1.55. The van der Waals surface area contributed by atoms with Crippen LogP contribution in [0.3, 0.4) is 0 Å². The third-order valence-electron chi connectivity index (χ3n) is 6.67. The largest absolute Gasteiger partial charge is 0.498 e. The zero-order valence-electron chi connectivity index (χ0n) is 15.3. The third-order valence-corrected chi connectivity index (χ3v) is 6.67.